The van der Waals surface area contributed by atoms with E-state index in [1.807, 2.05) is 6.92 Å². The smallest absolute Gasteiger partial charge is 0.0950 e. The Morgan fingerprint density at radius 1 is 1.50 bits per heavy atom. The summed E-state index contributed by atoms with van der Waals surface area (Å²) in [7, 11) is 4.11. The van der Waals surface area contributed by atoms with Crippen LogP contribution in [-0.2, 0) is 0 Å². The first-order valence-corrected chi connectivity index (χ1v) is 4.48. The van der Waals surface area contributed by atoms with E-state index in [1.54, 1.807) is 0 Å². The van der Waals surface area contributed by atoms with Gasteiger partial charge in [0.25, 0.3) is 0 Å². The predicted octanol–water partition coefficient (Wildman–Crippen LogP) is 0.830. The highest BCUT2D eigenvalue weighted by molar-refractivity contribution is 4.87. The normalized spacial score (nSPS) is 12.9. The van der Waals surface area contributed by atoms with Crippen molar-refractivity contribution in [2.45, 2.75) is 25.8 Å². The van der Waals surface area contributed by atoms with E-state index in [-0.39, 0.29) is 6.04 Å². The molecule has 1 N–H and O–H groups in total. The van der Waals surface area contributed by atoms with Gasteiger partial charge in [-0.1, -0.05) is 6.92 Å². The Bertz CT molecular complexity index is 137. The Kier molecular flexibility index (Phi) is 6.73. The molecule has 0 radical (unpaired) electrons. The van der Waals surface area contributed by atoms with Crippen molar-refractivity contribution < 1.29 is 0 Å². The van der Waals surface area contributed by atoms with Gasteiger partial charge in [0.1, 0.15) is 0 Å². The van der Waals surface area contributed by atoms with Gasteiger partial charge in [-0.2, -0.15) is 5.26 Å². The quantitative estimate of drug-likeness (QED) is 0.599. The van der Waals surface area contributed by atoms with Crippen LogP contribution in [0.25, 0.3) is 0 Å². The molecule has 0 bridgehead atoms. The van der Waals surface area contributed by atoms with Gasteiger partial charge >= 0.3 is 0 Å². The van der Waals surface area contributed by atoms with Crippen LogP contribution in [0.2, 0.25) is 0 Å². The summed E-state index contributed by atoms with van der Waals surface area (Å²) in [5.41, 5.74) is 0. The maximum Gasteiger partial charge on any atom is 0.0950 e. The second kappa shape index (κ2) is 7.08. The van der Waals surface area contributed by atoms with Gasteiger partial charge in [0.05, 0.1) is 12.1 Å². The van der Waals surface area contributed by atoms with Gasteiger partial charge in [-0.25, -0.2) is 0 Å². The molecule has 0 fully saturated rings. The second-order valence-corrected chi connectivity index (χ2v) is 3.20. The highest BCUT2D eigenvalue weighted by Gasteiger charge is 2.00. The van der Waals surface area contributed by atoms with Crippen LogP contribution in [0.1, 0.15) is 19.8 Å². The summed E-state index contributed by atoms with van der Waals surface area (Å²) in [6, 6.07) is 2.25. The molecule has 0 saturated carbocycles. The van der Waals surface area contributed by atoms with E-state index >= 15 is 0 Å². The van der Waals surface area contributed by atoms with Crippen molar-refractivity contribution in [3.05, 3.63) is 0 Å². The summed E-state index contributed by atoms with van der Waals surface area (Å²) < 4.78 is 0. The lowest BCUT2D eigenvalue weighted by atomic mass is 10.2. The van der Waals surface area contributed by atoms with Crippen molar-refractivity contribution in [3.63, 3.8) is 0 Å². The van der Waals surface area contributed by atoms with Gasteiger partial charge in [-0.15, -0.1) is 0 Å². The minimum Gasteiger partial charge on any atom is -0.309 e. The minimum absolute atomic E-state index is 0.0344. The van der Waals surface area contributed by atoms with Crippen molar-refractivity contribution in [3.8, 4) is 6.07 Å². The van der Waals surface area contributed by atoms with E-state index in [4.69, 9.17) is 5.26 Å². The molecule has 12 heavy (non-hydrogen) atoms. The zero-order valence-corrected chi connectivity index (χ0v) is 8.30. The lowest BCUT2D eigenvalue weighted by molar-refractivity contribution is 0.391. The number of hydrogen-bond acceptors (Lipinski definition) is 3. The molecule has 1 atom stereocenters. The second-order valence-electron chi connectivity index (χ2n) is 3.20. The highest BCUT2D eigenvalue weighted by atomic mass is 15.1. The van der Waals surface area contributed by atoms with Gasteiger partial charge in [0.15, 0.2) is 0 Å². The minimum atomic E-state index is 0.0344. The first-order valence-electron chi connectivity index (χ1n) is 4.48. The molecule has 0 aliphatic carbocycles. The SMILES string of the molecule is CCC(C#N)NCCCN(C)C. The Balaban J connectivity index is 3.25. The van der Waals surface area contributed by atoms with E-state index < -0.39 is 0 Å². The number of rotatable bonds is 6. The van der Waals surface area contributed by atoms with Crippen LogP contribution in [0.15, 0.2) is 0 Å². The lowest BCUT2D eigenvalue weighted by Gasteiger charge is -2.11. The fourth-order valence-corrected chi connectivity index (χ4v) is 0.953. The maximum absolute atomic E-state index is 8.61. The topological polar surface area (TPSA) is 39.1 Å². The van der Waals surface area contributed by atoms with E-state index in [9.17, 15) is 0 Å². The molecule has 0 spiro atoms. The van der Waals surface area contributed by atoms with Crippen LogP contribution in [0.5, 0.6) is 0 Å². The summed E-state index contributed by atoms with van der Waals surface area (Å²) in [4.78, 5) is 2.15. The summed E-state index contributed by atoms with van der Waals surface area (Å²) >= 11 is 0. The van der Waals surface area contributed by atoms with Gasteiger partial charge in [0.2, 0.25) is 0 Å². The summed E-state index contributed by atoms with van der Waals surface area (Å²) in [6.07, 6.45) is 1.99. The number of nitriles is 1. The highest BCUT2D eigenvalue weighted by Crippen LogP contribution is 1.88. The Labute approximate surface area is 75.4 Å². The zero-order valence-electron chi connectivity index (χ0n) is 8.30. The van der Waals surface area contributed by atoms with Gasteiger partial charge < -0.3 is 10.2 Å². The Hall–Kier alpha value is -0.590. The van der Waals surface area contributed by atoms with E-state index in [2.05, 4.69) is 30.4 Å². The molecule has 0 saturated heterocycles. The first-order chi connectivity index (χ1) is 5.70. The molecule has 0 aliphatic rings. The van der Waals surface area contributed by atoms with E-state index in [0.29, 0.717) is 0 Å². The fraction of sp³-hybridized carbons (Fsp3) is 0.889. The van der Waals surface area contributed by atoms with E-state index in [1.165, 1.54) is 0 Å². The fourth-order valence-electron chi connectivity index (χ4n) is 0.953. The summed E-state index contributed by atoms with van der Waals surface area (Å²) in [5.74, 6) is 0. The third kappa shape index (κ3) is 6.14. The average Bonchev–Trinajstić information content (AvgIpc) is 2.04. The number of hydrogen-bond donors (Lipinski definition) is 1. The van der Waals surface area contributed by atoms with Crippen LogP contribution in [0.3, 0.4) is 0 Å². The third-order valence-corrected chi connectivity index (χ3v) is 1.74. The molecule has 0 aromatic heterocycles. The molecule has 1 unspecified atom stereocenters. The monoisotopic (exact) mass is 169 g/mol. The van der Waals surface area contributed by atoms with Crippen molar-refractivity contribution >= 4 is 0 Å². The van der Waals surface area contributed by atoms with Gasteiger partial charge in [-0.05, 0) is 40.0 Å². The van der Waals surface area contributed by atoms with Crippen molar-refractivity contribution in [1.82, 2.24) is 10.2 Å². The van der Waals surface area contributed by atoms with Crippen LogP contribution >= 0.6 is 0 Å². The van der Waals surface area contributed by atoms with Crippen molar-refractivity contribution in [1.29, 1.82) is 5.26 Å². The zero-order chi connectivity index (χ0) is 9.40. The summed E-state index contributed by atoms with van der Waals surface area (Å²) in [5, 5.41) is 11.8. The molecule has 0 heterocycles. The molecule has 0 rings (SSSR count). The lowest BCUT2D eigenvalue weighted by Crippen LogP contribution is -2.29. The largest absolute Gasteiger partial charge is 0.309 e. The van der Waals surface area contributed by atoms with Crippen molar-refractivity contribution in [2.24, 2.45) is 0 Å². The van der Waals surface area contributed by atoms with Crippen LogP contribution in [0, 0.1) is 11.3 Å². The molecular formula is C9H19N3. The van der Waals surface area contributed by atoms with Gasteiger partial charge in [0, 0.05) is 0 Å². The maximum atomic E-state index is 8.61. The first kappa shape index (κ1) is 11.4. The van der Waals surface area contributed by atoms with Crippen LogP contribution in [-0.4, -0.2) is 38.1 Å². The third-order valence-electron chi connectivity index (χ3n) is 1.74. The molecule has 70 valence electrons. The Morgan fingerprint density at radius 2 is 2.17 bits per heavy atom. The average molecular weight is 169 g/mol. The van der Waals surface area contributed by atoms with E-state index in [0.717, 1.165) is 25.9 Å². The molecule has 0 amide bonds. The molecule has 3 nitrogen and oxygen atoms in total. The molecule has 0 aromatic carbocycles. The molecular weight excluding hydrogens is 150 g/mol. The standard InChI is InChI=1S/C9H19N3/c1-4-9(8-10)11-6-5-7-12(2)3/h9,11H,4-7H2,1-3H3. The van der Waals surface area contributed by atoms with Crippen LogP contribution < -0.4 is 5.32 Å². The van der Waals surface area contributed by atoms with Gasteiger partial charge in [-0.3, -0.25) is 0 Å². The van der Waals surface area contributed by atoms with Crippen LogP contribution in [0.4, 0.5) is 0 Å². The molecule has 3 heteroatoms. The predicted molar refractivity (Wildman–Crippen MR) is 50.9 cm³/mol. The number of nitrogens with one attached hydrogen (secondary N) is 1. The molecule has 0 aliphatic heterocycles. The Morgan fingerprint density at radius 3 is 2.58 bits per heavy atom. The molecule has 0 aromatic rings. The summed E-state index contributed by atoms with van der Waals surface area (Å²) in [6.45, 7) is 4.03. The number of nitrogens with zero attached hydrogens (tertiary/aromatic N) is 2. The van der Waals surface area contributed by atoms with Crippen molar-refractivity contribution in [2.75, 3.05) is 27.2 Å².